The number of aliphatic hydroxyl groups excluding tert-OH is 2. The van der Waals surface area contributed by atoms with Crippen LogP contribution in [-0.2, 0) is 4.79 Å². The standard InChI is InChI=1S/C20H37NO3/c1-7-15(2)18(24)11-10-16(22)9-8-12-21-19(3,4)13-17(23)14-20(21,5)6/h7,17-18,23-24H,8-14H2,1-6H3. The minimum absolute atomic E-state index is 0.0521. The molecule has 0 aromatic rings. The van der Waals surface area contributed by atoms with Crippen molar-refractivity contribution in [3.05, 3.63) is 11.6 Å². The van der Waals surface area contributed by atoms with Crippen molar-refractivity contribution in [2.75, 3.05) is 6.54 Å². The monoisotopic (exact) mass is 339 g/mol. The first-order valence-corrected chi connectivity index (χ1v) is 9.28. The Labute approximate surface area is 147 Å². The van der Waals surface area contributed by atoms with Crippen molar-refractivity contribution < 1.29 is 15.0 Å². The number of hydrogen-bond acceptors (Lipinski definition) is 4. The maximum absolute atomic E-state index is 12.1. The van der Waals surface area contributed by atoms with Crippen molar-refractivity contribution in [1.29, 1.82) is 0 Å². The van der Waals surface area contributed by atoms with Crippen LogP contribution < -0.4 is 0 Å². The zero-order chi connectivity index (χ0) is 18.5. The minimum Gasteiger partial charge on any atom is -0.393 e. The van der Waals surface area contributed by atoms with E-state index in [-0.39, 0.29) is 23.0 Å². The van der Waals surface area contributed by atoms with Gasteiger partial charge in [-0.3, -0.25) is 9.69 Å². The lowest BCUT2D eigenvalue weighted by Gasteiger charge is -2.54. The molecule has 1 aliphatic heterocycles. The van der Waals surface area contributed by atoms with E-state index in [0.29, 0.717) is 19.3 Å². The van der Waals surface area contributed by atoms with Gasteiger partial charge in [0, 0.05) is 23.9 Å². The summed E-state index contributed by atoms with van der Waals surface area (Å²) >= 11 is 0. The molecular weight excluding hydrogens is 302 g/mol. The van der Waals surface area contributed by atoms with E-state index in [2.05, 4.69) is 32.6 Å². The average Bonchev–Trinajstić information content (AvgIpc) is 2.45. The Balaban J connectivity index is 2.44. The molecule has 0 aromatic heterocycles. The second-order valence-corrected chi connectivity index (χ2v) is 8.57. The number of allylic oxidation sites excluding steroid dienone is 1. The Morgan fingerprint density at radius 2 is 1.75 bits per heavy atom. The number of carbonyl (C=O) groups is 1. The van der Waals surface area contributed by atoms with Gasteiger partial charge >= 0.3 is 0 Å². The Hall–Kier alpha value is -0.710. The van der Waals surface area contributed by atoms with Gasteiger partial charge in [0.1, 0.15) is 5.78 Å². The number of Topliss-reactive ketones (excluding diaryl/α,β-unsaturated/α-hetero) is 1. The molecule has 0 aliphatic carbocycles. The summed E-state index contributed by atoms with van der Waals surface area (Å²) in [4.78, 5) is 14.5. The SMILES string of the molecule is CC=C(C)C(O)CCC(=O)CCCN1C(C)(C)CC(O)CC1(C)C. The van der Waals surface area contributed by atoms with Crippen LogP contribution in [0.25, 0.3) is 0 Å². The molecule has 140 valence electrons. The summed E-state index contributed by atoms with van der Waals surface area (Å²) in [5, 5.41) is 20.0. The zero-order valence-electron chi connectivity index (χ0n) is 16.4. The molecule has 0 radical (unpaired) electrons. The number of nitrogens with zero attached hydrogens (tertiary/aromatic N) is 1. The van der Waals surface area contributed by atoms with Gasteiger partial charge in [-0.25, -0.2) is 0 Å². The third-order valence-electron chi connectivity index (χ3n) is 5.45. The minimum atomic E-state index is -0.500. The predicted octanol–water partition coefficient (Wildman–Crippen LogP) is 3.46. The van der Waals surface area contributed by atoms with Crippen molar-refractivity contribution in [3.8, 4) is 0 Å². The van der Waals surface area contributed by atoms with Gasteiger partial charge in [0.25, 0.3) is 0 Å². The Kier molecular flexibility index (Phi) is 7.64. The van der Waals surface area contributed by atoms with Crippen molar-refractivity contribution in [2.24, 2.45) is 0 Å². The zero-order valence-corrected chi connectivity index (χ0v) is 16.4. The molecule has 1 heterocycles. The molecule has 0 aromatic carbocycles. The third-order valence-corrected chi connectivity index (χ3v) is 5.45. The quantitative estimate of drug-likeness (QED) is 0.665. The van der Waals surface area contributed by atoms with E-state index in [4.69, 9.17) is 0 Å². The van der Waals surface area contributed by atoms with Crippen LogP contribution in [-0.4, -0.2) is 50.7 Å². The molecule has 4 heteroatoms. The highest BCUT2D eigenvalue weighted by Gasteiger charge is 2.44. The molecule has 0 amide bonds. The van der Waals surface area contributed by atoms with Gasteiger partial charge in [-0.2, -0.15) is 0 Å². The number of rotatable bonds is 8. The van der Waals surface area contributed by atoms with E-state index in [1.807, 2.05) is 19.9 Å². The molecule has 1 fully saturated rings. The normalized spacial score (nSPS) is 23.2. The van der Waals surface area contributed by atoms with Crippen LogP contribution in [0, 0.1) is 0 Å². The average molecular weight is 340 g/mol. The number of hydrogen-bond donors (Lipinski definition) is 2. The van der Waals surface area contributed by atoms with Gasteiger partial charge < -0.3 is 10.2 Å². The van der Waals surface area contributed by atoms with Crippen LogP contribution >= 0.6 is 0 Å². The topological polar surface area (TPSA) is 60.8 Å². The molecule has 1 unspecified atom stereocenters. The van der Waals surface area contributed by atoms with Crippen molar-refractivity contribution in [2.45, 2.75) is 103 Å². The fourth-order valence-corrected chi connectivity index (χ4v) is 4.15. The molecule has 0 saturated carbocycles. The summed E-state index contributed by atoms with van der Waals surface area (Å²) in [6.45, 7) is 13.4. The van der Waals surface area contributed by atoms with Gasteiger partial charge in [0.15, 0.2) is 0 Å². The molecule has 1 saturated heterocycles. The van der Waals surface area contributed by atoms with E-state index < -0.39 is 6.10 Å². The highest BCUT2D eigenvalue weighted by atomic mass is 16.3. The van der Waals surface area contributed by atoms with Crippen LogP contribution in [0.4, 0.5) is 0 Å². The first-order chi connectivity index (χ1) is 11.0. The van der Waals surface area contributed by atoms with Crippen molar-refractivity contribution in [3.63, 3.8) is 0 Å². The fraction of sp³-hybridized carbons (Fsp3) is 0.850. The lowest BCUT2D eigenvalue weighted by molar-refractivity contribution is -0.120. The fourth-order valence-electron chi connectivity index (χ4n) is 4.15. The number of aliphatic hydroxyl groups is 2. The maximum Gasteiger partial charge on any atom is 0.133 e. The summed E-state index contributed by atoms with van der Waals surface area (Å²) in [6.07, 6.45) is 5.06. The van der Waals surface area contributed by atoms with E-state index in [9.17, 15) is 15.0 Å². The smallest absolute Gasteiger partial charge is 0.133 e. The number of carbonyl (C=O) groups excluding carboxylic acids is 1. The highest BCUT2D eigenvalue weighted by molar-refractivity contribution is 5.78. The van der Waals surface area contributed by atoms with E-state index in [1.165, 1.54) is 0 Å². The van der Waals surface area contributed by atoms with Crippen LogP contribution in [0.2, 0.25) is 0 Å². The first-order valence-electron chi connectivity index (χ1n) is 9.28. The number of piperidine rings is 1. The molecule has 2 N–H and O–H groups in total. The molecule has 24 heavy (non-hydrogen) atoms. The van der Waals surface area contributed by atoms with Gasteiger partial charge in [0.2, 0.25) is 0 Å². The van der Waals surface area contributed by atoms with Gasteiger partial charge in [-0.15, -0.1) is 0 Å². The second-order valence-electron chi connectivity index (χ2n) is 8.57. The number of likely N-dealkylation sites (tertiary alicyclic amines) is 1. The molecule has 4 nitrogen and oxygen atoms in total. The summed E-state index contributed by atoms with van der Waals surface area (Å²) in [6, 6.07) is 0. The molecule has 1 atom stereocenters. The lowest BCUT2D eigenvalue weighted by atomic mass is 9.78. The third kappa shape index (κ3) is 5.98. The number of ketones is 1. The Morgan fingerprint density at radius 1 is 1.21 bits per heavy atom. The molecule has 1 rings (SSSR count). The first kappa shape index (κ1) is 21.3. The van der Waals surface area contributed by atoms with Crippen molar-refractivity contribution >= 4 is 5.78 Å². The lowest BCUT2D eigenvalue weighted by Crippen LogP contribution is -2.61. The van der Waals surface area contributed by atoms with Crippen LogP contribution in [0.3, 0.4) is 0 Å². The van der Waals surface area contributed by atoms with Crippen LogP contribution in [0.1, 0.15) is 80.1 Å². The molecular formula is C20H37NO3. The molecule has 0 spiro atoms. The summed E-state index contributed by atoms with van der Waals surface area (Å²) in [5.74, 6) is 0.227. The summed E-state index contributed by atoms with van der Waals surface area (Å²) in [5.41, 5.74) is 0.825. The summed E-state index contributed by atoms with van der Waals surface area (Å²) in [7, 11) is 0. The molecule has 1 aliphatic rings. The summed E-state index contributed by atoms with van der Waals surface area (Å²) < 4.78 is 0. The maximum atomic E-state index is 12.1. The Bertz CT molecular complexity index is 436. The van der Waals surface area contributed by atoms with Crippen LogP contribution in [0.15, 0.2) is 11.6 Å². The van der Waals surface area contributed by atoms with Gasteiger partial charge in [-0.05, 0) is 79.3 Å². The van der Waals surface area contributed by atoms with E-state index in [0.717, 1.165) is 31.4 Å². The Morgan fingerprint density at radius 3 is 2.25 bits per heavy atom. The van der Waals surface area contributed by atoms with E-state index in [1.54, 1.807) is 0 Å². The molecule has 0 bridgehead atoms. The van der Waals surface area contributed by atoms with Gasteiger partial charge in [-0.1, -0.05) is 6.08 Å². The largest absolute Gasteiger partial charge is 0.393 e. The second kappa shape index (κ2) is 8.59. The highest BCUT2D eigenvalue weighted by Crippen LogP contribution is 2.38. The predicted molar refractivity (Wildman–Crippen MR) is 99.0 cm³/mol. The van der Waals surface area contributed by atoms with Crippen molar-refractivity contribution in [1.82, 2.24) is 4.90 Å². The van der Waals surface area contributed by atoms with Crippen LogP contribution in [0.5, 0.6) is 0 Å². The van der Waals surface area contributed by atoms with Gasteiger partial charge in [0.05, 0.1) is 12.2 Å². The van der Waals surface area contributed by atoms with E-state index >= 15 is 0 Å².